The van der Waals surface area contributed by atoms with Crippen LogP contribution in [0, 0.1) is 6.92 Å². The predicted molar refractivity (Wildman–Crippen MR) is 105 cm³/mol. The maximum absolute atomic E-state index is 5.43. The Balaban J connectivity index is 1.86. The van der Waals surface area contributed by atoms with Crippen LogP contribution < -0.4 is 10.6 Å². The number of aliphatic imine (C=N–C) groups is 1. The highest BCUT2D eigenvalue weighted by Crippen LogP contribution is 2.15. The SMILES string of the molecule is CCNC(=NCC(C)N1CCOCC1)NCC(C)c1cccc(C)c1. The van der Waals surface area contributed by atoms with E-state index in [1.54, 1.807) is 0 Å². The van der Waals surface area contributed by atoms with E-state index in [9.17, 15) is 0 Å². The van der Waals surface area contributed by atoms with Crippen LogP contribution in [0.3, 0.4) is 0 Å². The first-order chi connectivity index (χ1) is 12.1. The van der Waals surface area contributed by atoms with Gasteiger partial charge < -0.3 is 15.4 Å². The number of nitrogens with zero attached hydrogens (tertiary/aromatic N) is 2. The second-order valence-corrected chi connectivity index (χ2v) is 6.91. The van der Waals surface area contributed by atoms with Gasteiger partial charge in [-0.2, -0.15) is 0 Å². The van der Waals surface area contributed by atoms with Crippen LogP contribution in [-0.2, 0) is 4.74 Å². The third-order valence-electron chi connectivity index (χ3n) is 4.71. The van der Waals surface area contributed by atoms with E-state index >= 15 is 0 Å². The summed E-state index contributed by atoms with van der Waals surface area (Å²) >= 11 is 0. The van der Waals surface area contributed by atoms with Crippen molar-refractivity contribution in [3.8, 4) is 0 Å². The summed E-state index contributed by atoms with van der Waals surface area (Å²) < 4.78 is 5.43. The third-order valence-corrected chi connectivity index (χ3v) is 4.71. The fourth-order valence-electron chi connectivity index (χ4n) is 3.04. The van der Waals surface area contributed by atoms with Gasteiger partial charge in [0.05, 0.1) is 19.8 Å². The normalized spacial score (nSPS) is 18.6. The van der Waals surface area contributed by atoms with Gasteiger partial charge in [0.1, 0.15) is 0 Å². The molecule has 1 saturated heterocycles. The molecule has 2 N–H and O–H groups in total. The molecule has 0 spiro atoms. The van der Waals surface area contributed by atoms with E-state index in [4.69, 9.17) is 9.73 Å². The molecule has 1 aliphatic heterocycles. The average Bonchev–Trinajstić information content (AvgIpc) is 2.64. The molecule has 0 aliphatic carbocycles. The number of guanidine groups is 1. The molecule has 5 heteroatoms. The molecule has 25 heavy (non-hydrogen) atoms. The fourth-order valence-corrected chi connectivity index (χ4v) is 3.04. The number of ether oxygens (including phenoxy) is 1. The standard InChI is InChI=1S/C20H34N4O/c1-5-21-20(23-15-18(4)24-9-11-25-12-10-24)22-14-17(3)19-8-6-7-16(2)13-19/h6-8,13,17-18H,5,9-12,14-15H2,1-4H3,(H2,21,22,23). The van der Waals surface area contributed by atoms with Crippen LogP contribution in [0.5, 0.6) is 0 Å². The van der Waals surface area contributed by atoms with E-state index in [0.29, 0.717) is 12.0 Å². The molecule has 1 fully saturated rings. The Morgan fingerprint density at radius 1 is 1.24 bits per heavy atom. The van der Waals surface area contributed by atoms with Gasteiger partial charge in [-0.25, -0.2) is 0 Å². The number of hydrogen-bond donors (Lipinski definition) is 2. The molecular formula is C20H34N4O. The number of rotatable bonds is 7. The summed E-state index contributed by atoms with van der Waals surface area (Å²) in [5.41, 5.74) is 2.68. The van der Waals surface area contributed by atoms with Gasteiger partial charge in [-0.1, -0.05) is 36.8 Å². The number of benzene rings is 1. The minimum absolute atomic E-state index is 0.438. The Kier molecular flexibility index (Phi) is 8.22. The number of nitrogens with one attached hydrogen (secondary N) is 2. The van der Waals surface area contributed by atoms with E-state index in [1.807, 2.05) is 0 Å². The van der Waals surface area contributed by atoms with Gasteiger partial charge in [0, 0.05) is 32.2 Å². The number of aryl methyl sites for hydroxylation is 1. The molecule has 1 aliphatic rings. The second-order valence-electron chi connectivity index (χ2n) is 6.91. The molecule has 2 unspecified atom stereocenters. The summed E-state index contributed by atoms with van der Waals surface area (Å²) in [6, 6.07) is 9.17. The van der Waals surface area contributed by atoms with E-state index in [-0.39, 0.29) is 0 Å². The lowest BCUT2D eigenvalue weighted by molar-refractivity contribution is 0.0220. The summed E-state index contributed by atoms with van der Waals surface area (Å²) in [5.74, 6) is 1.35. The van der Waals surface area contributed by atoms with Gasteiger partial charge in [-0.05, 0) is 32.3 Å². The topological polar surface area (TPSA) is 48.9 Å². The van der Waals surface area contributed by atoms with Crippen molar-refractivity contribution in [1.29, 1.82) is 0 Å². The van der Waals surface area contributed by atoms with Gasteiger partial charge in [-0.3, -0.25) is 9.89 Å². The summed E-state index contributed by atoms with van der Waals surface area (Å²) in [4.78, 5) is 7.23. The zero-order valence-electron chi connectivity index (χ0n) is 16.2. The van der Waals surface area contributed by atoms with Crippen LogP contribution in [-0.4, -0.2) is 62.8 Å². The molecule has 0 bridgehead atoms. The Hall–Kier alpha value is -1.59. The molecule has 0 amide bonds. The second kappa shape index (κ2) is 10.4. The Morgan fingerprint density at radius 3 is 2.68 bits per heavy atom. The molecule has 1 aromatic rings. The summed E-state index contributed by atoms with van der Waals surface area (Å²) in [5, 5.41) is 6.85. The fraction of sp³-hybridized carbons (Fsp3) is 0.650. The largest absolute Gasteiger partial charge is 0.379 e. The molecule has 0 aromatic heterocycles. The highest BCUT2D eigenvalue weighted by Gasteiger charge is 2.16. The maximum atomic E-state index is 5.43. The lowest BCUT2D eigenvalue weighted by atomic mass is 9.99. The van der Waals surface area contributed by atoms with Crippen molar-refractivity contribution in [2.24, 2.45) is 4.99 Å². The predicted octanol–water partition coefficient (Wildman–Crippen LogP) is 2.37. The van der Waals surface area contributed by atoms with Crippen molar-refractivity contribution in [2.45, 2.75) is 39.7 Å². The molecule has 0 radical (unpaired) electrons. The van der Waals surface area contributed by atoms with Crippen molar-refractivity contribution in [1.82, 2.24) is 15.5 Å². The monoisotopic (exact) mass is 346 g/mol. The number of hydrogen-bond acceptors (Lipinski definition) is 3. The molecule has 2 atom stereocenters. The van der Waals surface area contributed by atoms with Gasteiger partial charge in [0.25, 0.3) is 0 Å². The molecular weight excluding hydrogens is 312 g/mol. The molecule has 2 rings (SSSR count). The molecule has 140 valence electrons. The summed E-state index contributed by atoms with van der Waals surface area (Å²) in [7, 11) is 0. The van der Waals surface area contributed by atoms with Crippen molar-refractivity contribution in [2.75, 3.05) is 45.9 Å². The lowest BCUT2D eigenvalue weighted by Gasteiger charge is -2.31. The molecule has 0 saturated carbocycles. The van der Waals surface area contributed by atoms with Gasteiger partial charge in [0.15, 0.2) is 5.96 Å². The Bertz CT molecular complexity index is 540. The zero-order chi connectivity index (χ0) is 18.1. The minimum atomic E-state index is 0.438. The van der Waals surface area contributed by atoms with Gasteiger partial charge >= 0.3 is 0 Å². The van der Waals surface area contributed by atoms with Crippen LogP contribution in [0.4, 0.5) is 0 Å². The zero-order valence-corrected chi connectivity index (χ0v) is 16.2. The Labute approximate surface area is 152 Å². The van der Waals surface area contributed by atoms with Gasteiger partial charge in [-0.15, -0.1) is 0 Å². The lowest BCUT2D eigenvalue weighted by Crippen LogP contribution is -2.44. The number of morpholine rings is 1. The molecule has 5 nitrogen and oxygen atoms in total. The minimum Gasteiger partial charge on any atom is -0.379 e. The van der Waals surface area contributed by atoms with Crippen LogP contribution in [0.15, 0.2) is 29.3 Å². The van der Waals surface area contributed by atoms with E-state index in [0.717, 1.165) is 51.9 Å². The van der Waals surface area contributed by atoms with Crippen molar-refractivity contribution in [3.63, 3.8) is 0 Å². The quantitative estimate of drug-likeness (QED) is 0.588. The van der Waals surface area contributed by atoms with E-state index in [1.165, 1.54) is 11.1 Å². The third kappa shape index (κ3) is 6.67. The first-order valence-corrected chi connectivity index (χ1v) is 9.50. The van der Waals surface area contributed by atoms with Gasteiger partial charge in [0.2, 0.25) is 0 Å². The Morgan fingerprint density at radius 2 is 2.00 bits per heavy atom. The summed E-state index contributed by atoms with van der Waals surface area (Å²) in [6.45, 7) is 15.0. The smallest absolute Gasteiger partial charge is 0.191 e. The van der Waals surface area contributed by atoms with Crippen LogP contribution in [0.1, 0.15) is 37.8 Å². The van der Waals surface area contributed by atoms with Crippen molar-refractivity contribution < 1.29 is 4.74 Å². The van der Waals surface area contributed by atoms with Crippen LogP contribution in [0.2, 0.25) is 0 Å². The van der Waals surface area contributed by atoms with E-state index in [2.05, 4.69) is 67.5 Å². The van der Waals surface area contributed by atoms with Crippen molar-refractivity contribution in [3.05, 3.63) is 35.4 Å². The average molecular weight is 347 g/mol. The maximum Gasteiger partial charge on any atom is 0.191 e. The first kappa shape index (κ1) is 19.7. The first-order valence-electron chi connectivity index (χ1n) is 9.50. The molecule has 1 heterocycles. The summed E-state index contributed by atoms with van der Waals surface area (Å²) in [6.07, 6.45) is 0. The van der Waals surface area contributed by atoms with Crippen molar-refractivity contribution >= 4 is 5.96 Å². The highest BCUT2D eigenvalue weighted by atomic mass is 16.5. The highest BCUT2D eigenvalue weighted by molar-refractivity contribution is 5.79. The van der Waals surface area contributed by atoms with Crippen LogP contribution in [0.25, 0.3) is 0 Å². The molecule has 1 aromatic carbocycles. The van der Waals surface area contributed by atoms with E-state index < -0.39 is 0 Å². The van der Waals surface area contributed by atoms with Crippen LogP contribution >= 0.6 is 0 Å².